The van der Waals surface area contributed by atoms with Crippen molar-refractivity contribution in [2.45, 2.75) is 26.3 Å². The van der Waals surface area contributed by atoms with Crippen LogP contribution in [0, 0.1) is 0 Å². The Morgan fingerprint density at radius 3 is 2.88 bits per heavy atom. The second-order valence-electron chi connectivity index (χ2n) is 3.34. The molecule has 1 heterocycles. The molecule has 0 bridgehead atoms. The van der Waals surface area contributed by atoms with Crippen LogP contribution in [0.3, 0.4) is 0 Å². The van der Waals surface area contributed by atoms with Crippen LogP contribution >= 0.6 is 11.8 Å². The van der Waals surface area contributed by atoms with E-state index in [1.165, 1.54) is 7.11 Å². The molecule has 0 saturated heterocycles. The van der Waals surface area contributed by atoms with Crippen molar-refractivity contribution in [1.29, 1.82) is 0 Å². The molecule has 1 aromatic heterocycles. The van der Waals surface area contributed by atoms with Gasteiger partial charge in [-0.05, 0) is 12.7 Å². The highest BCUT2D eigenvalue weighted by Crippen LogP contribution is 2.10. The molecule has 0 N–H and O–H groups in total. The third-order valence-corrected chi connectivity index (χ3v) is 2.80. The summed E-state index contributed by atoms with van der Waals surface area (Å²) in [6.07, 6.45) is 3.79. The Balaban J connectivity index is 2.92. The monoisotopic (exact) mass is 243 g/mol. The van der Waals surface area contributed by atoms with Crippen molar-refractivity contribution in [2.75, 3.05) is 19.1 Å². The maximum atomic E-state index is 11.5. The van der Waals surface area contributed by atoms with Crippen LogP contribution in [0.1, 0.15) is 29.5 Å². The maximum Gasteiger partial charge on any atom is 0.360 e. The van der Waals surface area contributed by atoms with E-state index in [2.05, 4.69) is 22.0 Å². The Bertz CT molecular complexity index is 352. The number of thioether (sulfide) groups is 1. The van der Waals surface area contributed by atoms with Crippen LogP contribution in [-0.4, -0.2) is 40.1 Å². The van der Waals surface area contributed by atoms with E-state index >= 15 is 0 Å². The highest BCUT2D eigenvalue weighted by Gasteiger charge is 2.19. The van der Waals surface area contributed by atoms with Gasteiger partial charge in [0.25, 0.3) is 0 Å². The number of aryl methyl sites for hydroxylation is 1. The molecular weight excluding hydrogens is 226 g/mol. The summed E-state index contributed by atoms with van der Waals surface area (Å²) in [5.41, 5.74) is 1.23. The van der Waals surface area contributed by atoms with E-state index in [0.717, 1.165) is 30.8 Å². The third-order valence-electron chi connectivity index (χ3n) is 2.21. The van der Waals surface area contributed by atoms with Crippen molar-refractivity contribution in [2.24, 2.45) is 0 Å². The van der Waals surface area contributed by atoms with Gasteiger partial charge < -0.3 is 4.74 Å². The van der Waals surface area contributed by atoms with Gasteiger partial charge in [-0.1, -0.05) is 18.6 Å². The van der Waals surface area contributed by atoms with Crippen molar-refractivity contribution in [3.63, 3.8) is 0 Å². The fourth-order valence-electron chi connectivity index (χ4n) is 1.43. The Kier molecular flexibility index (Phi) is 5.31. The van der Waals surface area contributed by atoms with E-state index in [0.29, 0.717) is 5.69 Å². The topological polar surface area (TPSA) is 57.0 Å². The van der Waals surface area contributed by atoms with Crippen LogP contribution in [0.5, 0.6) is 0 Å². The summed E-state index contributed by atoms with van der Waals surface area (Å²) in [7, 11) is 1.36. The van der Waals surface area contributed by atoms with Crippen molar-refractivity contribution in [3.05, 3.63) is 11.4 Å². The lowest BCUT2D eigenvalue weighted by molar-refractivity contribution is 0.0592. The summed E-state index contributed by atoms with van der Waals surface area (Å²) in [6, 6.07) is 0. The van der Waals surface area contributed by atoms with Crippen LogP contribution < -0.4 is 0 Å². The first-order valence-electron chi connectivity index (χ1n) is 5.24. The molecule has 0 radical (unpaired) electrons. The molecule has 1 rings (SSSR count). The van der Waals surface area contributed by atoms with Crippen LogP contribution in [0.15, 0.2) is 0 Å². The Morgan fingerprint density at radius 1 is 1.56 bits per heavy atom. The smallest absolute Gasteiger partial charge is 0.360 e. The molecule has 0 spiro atoms. The largest absolute Gasteiger partial charge is 0.464 e. The molecule has 0 aliphatic rings. The minimum Gasteiger partial charge on any atom is -0.464 e. The highest BCUT2D eigenvalue weighted by molar-refractivity contribution is 7.98. The van der Waals surface area contributed by atoms with E-state index in [4.69, 9.17) is 0 Å². The average Bonchev–Trinajstić information content (AvgIpc) is 2.69. The first-order valence-corrected chi connectivity index (χ1v) is 6.63. The number of hydrogen-bond donors (Lipinski definition) is 0. The lowest BCUT2D eigenvalue weighted by Gasteiger charge is -2.05. The van der Waals surface area contributed by atoms with Gasteiger partial charge >= 0.3 is 5.97 Å². The van der Waals surface area contributed by atoms with Gasteiger partial charge in [-0.25, -0.2) is 9.48 Å². The summed E-state index contributed by atoms with van der Waals surface area (Å²) in [5, 5.41) is 7.88. The lowest BCUT2D eigenvalue weighted by Crippen LogP contribution is -2.10. The predicted octanol–water partition coefficient (Wildman–Crippen LogP) is 1.38. The molecule has 90 valence electrons. The molecule has 0 aliphatic heterocycles. The summed E-state index contributed by atoms with van der Waals surface area (Å²) < 4.78 is 6.48. The van der Waals surface area contributed by atoms with Crippen molar-refractivity contribution in [1.82, 2.24) is 15.0 Å². The third kappa shape index (κ3) is 2.98. The Morgan fingerprint density at radius 2 is 2.31 bits per heavy atom. The minimum atomic E-state index is -0.404. The van der Waals surface area contributed by atoms with Gasteiger partial charge in [-0.2, -0.15) is 11.8 Å². The van der Waals surface area contributed by atoms with E-state index in [-0.39, 0.29) is 0 Å². The molecule has 0 aromatic carbocycles. The first-order chi connectivity index (χ1) is 7.74. The number of aromatic nitrogens is 3. The fourth-order valence-corrected chi connectivity index (χ4v) is 1.79. The van der Waals surface area contributed by atoms with Gasteiger partial charge in [-0.15, -0.1) is 5.10 Å². The number of carbonyl (C=O) groups is 1. The number of carbonyl (C=O) groups excluding carboxylic acids is 1. The van der Waals surface area contributed by atoms with Gasteiger partial charge in [0.05, 0.1) is 19.3 Å². The standard InChI is InChI=1S/C10H17N3O2S/c1-4-5-8-9(10(14)15-2)11-12-13(8)6-7-16-3/h4-7H2,1-3H3. The Labute approximate surface area is 99.5 Å². The molecule has 0 saturated carbocycles. The Hall–Kier alpha value is -1.04. The van der Waals surface area contributed by atoms with E-state index in [1.807, 2.05) is 6.26 Å². The molecule has 5 nitrogen and oxygen atoms in total. The van der Waals surface area contributed by atoms with Crippen LogP contribution in [-0.2, 0) is 17.7 Å². The second-order valence-corrected chi connectivity index (χ2v) is 4.33. The molecule has 0 amide bonds. The maximum absolute atomic E-state index is 11.5. The van der Waals surface area contributed by atoms with Crippen LogP contribution in [0.25, 0.3) is 0 Å². The predicted molar refractivity (Wildman–Crippen MR) is 63.7 cm³/mol. The summed E-state index contributed by atoms with van der Waals surface area (Å²) in [6.45, 7) is 2.84. The molecular formula is C10H17N3O2S. The number of methoxy groups -OCH3 is 1. The van der Waals surface area contributed by atoms with Gasteiger partial charge in [-0.3, -0.25) is 0 Å². The number of nitrogens with zero attached hydrogens (tertiary/aromatic N) is 3. The minimum absolute atomic E-state index is 0.352. The SMILES string of the molecule is CCCc1c(C(=O)OC)nnn1CCSC. The fraction of sp³-hybridized carbons (Fsp3) is 0.700. The number of ether oxygens (including phenoxy) is 1. The molecule has 0 unspecified atom stereocenters. The summed E-state index contributed by atoms with van der Waals surface area (Å²) >= 11 is 1.74. The lowest BCUT2D eigenvalue weighted by atomic mass is 10.2. The van der Waals surface area contributed by atoms with Crippen molar-refractivity contribution < 1.29 is 9.53 Å². The van der Waals surface area contributed by atoms with Crippen molar-refractivity contribution in [3.8, 4) is 0 Å². The molecule has 0 aliphatic carbocycles. The average molecular weight is 243 g/mol. The van der Waals surface area contributed by atoms with Crippen molar-refractivity contribution >= 4 is 17.7 Å². The zero-order valence-electron chi connectivity index (χ0n) is 9.89. The normalized spacial score (nSPS) is 10.4. The highest BCUT2D eigenvalue weighted by atomic mass is 32.2. The number of rotatable bonds is 6. The molecule has 16 heavy (non-hydrogen) atoms. The van der Waals surface area contributed by atoms with Gasteiger partial charge in [0.1, 0.15) is 0 Å². The van der Waals surface area contributed by atoms with Crippen LogP contribution in [0.4, 0.5) is 0 Å². The van der Waals surface area contributed by atoms with Gasteiger partial charge in [0.2, 0.25) is 0 Å². The van der Waals surface area contributed by atoms with Gasteiger partial charge in [0, 0.05) is 5.75 Å². The molecule has 0 atom stereocenters. The van der Waals surface area contributed by atoms with E-state index in [1.54, 1.807) is 16.4 Å². The second kappa shape index (κ2) is 6.52. The zero-order chi connectivity index (χ0) is 12.0. The molecule has 0 fully saturated rings. The number of hydrogen-bond acceptors (Lipinski definition) is 5. The number of esters is 1. The summed E-state index contributed by atoms with van der Waals surface area (Å²) in [5.74, 6) is 0.555. The summed E-state index contributed by atoms with van der Waals surface area (Å²) in [4.78, 5) is 11.5. The first kappa shape index (κ1) is 13.0. The van der Waals surface area contributed by atoms with Gasteiger partial charge in [0.15, 0.2) is 5.69 Å². The van der Waals surface area contributed by atoms with E-state index < -0.39 is 5.97 Å². The van der Waals surface area contributed by atoms with E-state index in [9.17, 15) is 4.79 Å². The van der Waals surface area contributed by atoms with Crippen LogP contribution in [0.2, 0.25) is 0 Å². The quantitative estimate of drug-likeness (QED) is 0.706. The molecule has 1 aromatic rings. The molecule has 6 heteroatoms. The zero-order valence-corrected chi connectivity index (χ0v) is 10.7.